The Morgan fingerprint density at radius 2 is 1.61 bits per heavy atom. The van der Waals surface area contributed by atoms with E-state index in [0.717, 1.165) is 0 Å². The molecule has 0 aromatic carbocycles. The standard InChI is InChI=1S/C14H27N3O5S/c1-11-9-17(10-12(2)22-11)23(19,20)16-7-5-15(6-8-16)13(3)14(18)21-4/h11-13H,5-10H2,1-4H3. The van der Waals surface area contributed by atoms with Gasteiger partial charge in [-0.25, -0.2) is 0 Å². The van der Waals surface area contributed by atoms with Crippen molar-refractivity contribution in [1.82, 2.24) is 13.5 Å². The van der Waals surface area contributed by atoms with Gasteiger partial charge in [0, 0.05) is 39.3 Å². The van der Waals surface area contributed by atoms with E-state index < -0.39 is 10.2 Å². The molecule has 0 aliphatic carbocycles. The first-order chi connectivity index (χ1) is 10.8. The number of hydrogen-bond acceptors (Lipinski definition) is 6. The second-order valence-corrected chi connectivity index (χ2v) is 8.14. The zero-order valence-corrected chi connectivity index (χ0v) is 15.1. The molecule has 2 saturated heterocycles. The average molecular weight is 349 g/mol. The molecule has 0 saturated carbocycles. The number of esters is 1. The predicted molar refractivity (Wildman–Crippen MR) is 85.1 cm³/mol. The van der Waals surface area contributed by atoms with Crippen molar-refractivity contribution in [2.75, 3.05) is 46.4 Å². The molecule has 0 aromatic heterocycles. The van der Waals surface area contributed by atoms with Crippen LogP contribution in [-0.4, -0.2) is 92.5 Å². The fraction of sp³-hybridized carbons (Fsp3) is 0.929. The topological polar surface area (TPSA) is 79.4 Å². The molecule has 2 heterocycles. The molecule has 3 atom stereocenters. The first kappa shape index (κ1) is 18.6. The summed E-state index contributed by atoms with van der Waals surface area (Å²) < 4.78 is 38.9. The van der Waals surface area contributed by atoms with E-state index in [0.29, 0.717) is 39.3 Å². The Bertz CT molecular complexity index is 509. The third kappa shape index (κ3) is 4.21. The zero-order valence-electron chi connectivity index (χ0n) is 14.3. The SMILES string of the molecule is COC(=O)C(C)N1CCN(S(=O)(=O)N2CC(C)OC(C)C2)CC1. The van der Waals surface area contributed by atoms with Crippen LogP contribution in [0.2, 0.25) is 0 Å². The Hall–Kier alpha value is -0.740. The molecule has 2 rings (SSSR count). The van der Waals surface area contributed by atoms with Gasteiger partial charge in [0.05, 0.1) is 19.3 Å². The van der Waals surface area contributed by atoms with Crippen LogP contribution in [0.15, 0.2) is 0 Å². The van der Waals surface area contributed by atoms with E-state index in [1.54, 1.807) is 6.92 Å². The lowest BCUT2D eigenvalue weighted by atomic mass is 10.2. The number of ether oxygens (including phenoxy) is 2. The summed E-state index contributed by atoms with van der Waals surface area (Å²) in [7, 11) is -2.12. The maximum Gasteiger partial charge on any atom is 0.322 e. The molecule has 9 heteroatoms. The molecule has 8 nitrogen and oxygen atoms in total. The number of methoxy groups -OCH3 is 1. The van der Waals surface area contributed by atoms with Gasteiger partial charge in [-0.15, -0.1) is 0 Å². The van der Waals surface area contributed by atoms with Crippen molar-refractivity contribution in [3.8, 4) is 0 Å². The van der Waals surface area contributed by atoms with Crippen LogP contribution in [0.4, 0.5) is 0 Å². The number of morpholine rings is 1. The summed E-state index contributed by atoms with van der Waals surface area (Å²) in [5.74, 6) is -0.294. The van der Waals surface area contributed by atoms with Crippen molar-refractivity contribution < 1.29 is 22.7 Å². The van der Waals surface area contributed by atoms with Crippen LogP contribution in [0.3, 0.4) is 0 Å². The molecular formula is C14H27N3O5S. The van der Waals surface area contributed by atoms with Crippen molar-refractivity contribution in [2.24, 2.45) is 0 Å². The minimum absolute atomic E-state index is 0.103. The van der Waals surface area contributed by atoms with Crippen molar-refractivity contribution >= 4 is 16.2 Å². The van der Waals surface area contributed by atoms with E-state index >= 15 is 0 Å². The Labute approximate surface area is 138 Å². The maximum absolute atomic E-state index is 12.8. The first-order valence-electron chi connectivity index (χ1n) is 7.98. The van der Waals surface area contributed by atoms with E-state index in [-0.39, 0.29) is 24.2 Å². The molecule has 134 valence electrons. The monoisotopic (exact) mass is 349 g/mol. The summed E-state index contributed by atoms with van der Waals surface area (Å²) in [4.78, 5) is 13.5. The molecule has 23 heavy (non-hydrogen) atoms. The van der Waals surface area contributed by atoms with Crippen LogP contribution >= 0.6 is 0 Å². The van der Waals surface area contributed by atoms with Crippen molar-refractivity contribution in [3.63, 3.8) is 0 Å². The quantitative estimate of drug-likeness (QED) is 0.638. The van der Waals surface area contributed by atoms with Crippen LogP contribution in [-0.2, 0) is 24.5 Å². The molecular weight excluding hydrogens is 322 g/mol. The second-order valence-electron chi connectivity index (χ2n) is 6.22. The zero-order chi connectivity index (χ0) is 17.2. The van der Waals surface area contributed by atoms with Gasteiger partial charge in [-0.3, -0.25) is 9.69 Å². The van der Waals surface area contributed by atoms with Gasteiger partial charge in [0.15, 0.2) is 0 Å². The Kier molecular flexibility index (Phi) is 6.01. The van der Waals surface area contributed by atoms with Gasteiger partial charge >= 0.3 is 5.97 Å². The molecule has 3 unspecified atom stereocenters. The van der Waals surface area contributed by atoms with Gasteiger partial charge in [0.2, 0.25) is 0 Å². The van der Waals surface area contributed by atoms with E-state index in [1.807, 2.05) is 18.7 Å². The highest BCUT2D eigenvalue weighted by molar-refractivity contribution is 7.86. The van der Waals surface area contributed by atoms with Crippen LogP contribution < -0.4 is 0 Å². The third-order valence-corrected chi connectivity index (χ3v) is 6.37. The number of nitrogens with zero attached hydrogens (tertiary/aromatic N) is 3. The summed E-state index contributed by atoms with van der Waals surface area (Å²) in [6.45, 7) is 8.10. The van der Waals surface area contributed by atoms with E-state index in [9.17, 15) is 13.2 Å². The lowest BCUT2D eigenvalue weighted by Gasteiger charge is -2.41. The lowest BCUT2D eigenvalue weighted by molar-refractivity contribution is -0.146. The van der Waals surface area contributed by atoms with Crippen LogP contribution in [0.5, 0.6) is 0 Å². The molecule has 2 fully saturated rings. The number of carbonyl (C=O) groups is 1. The van der Waals surface area contributed by atoms with Crippen LogP contribution in [0.1, 0.15) is 20.8 Å². The lowest BCUT2D eigenvalue weighted by Crippen LogP contribution is -2.58. The fourth-order valence-corrected chi connectivity index (χ4v) is 4.87. The van der Waals surface area contributed by atoms with Gasteiger partial charge in [0.1, 0.15) is 6.04 Å². The highest BCUT2D eigenvalue weighted by Crippen LogP contribution is 2.19. The van der Waals surface area contributed by atoms with Gasteiger partial charge in [0.25, 0.3) is 10.2 Å². The summed E-state index contributed by atoms with van der Waals surface area (Å²) >= 11 is 0. The largest absolute Gasteiger partial charge is 0.468 e. The van der Waals surface area contributed by atoms with Crippen LogP contribution in [0.25, 0.3) is 0 Å². The van der Waals surface area contributed by atoms with Crippen molar-refractivity contribution in [2.45, 2.75) is 39.0 Å². The van der Waals surface area contributed by atoms with Gasteiger partial charge in [-0.05, 0) is 20.8 Å². The van der Waals surface area contributed by atoms with Crippen molar-refractivity contribution in [1.29, 1.82) is 0 Å². The number of piperazine rings is 1. The molecule has 0 spiro atoms. The van der Waals surface area contributed by atoms with Crippen LogP contribution in [0, 0.1) is 0 Å². The minimum atomic E-state index is -3.48. The molecule has 2 aliphatic heterocycles. The predicted octanol–water partition coefficient (Wildman–Crippen LogP) is -0.480. The number of rotatable bonds is 4. The molecule has 2 aliphatic rings. The second kappa shape index (κ2) is 7.43. The maximum atomic E-state index is 12.8. The van der Waals surface area contributed by atoms with E-state index in [2.05, 4.69) is 0 Å². The first-order valence-corrected chi connectivity index (χ1v) is 9.38. The molecule has 0 aromatic rings. The summed E-state index contributed by atoms with van der Waals surface area (Å²) in [5, 5.41) is 0. The average Bonchev–Trinajstić information content (AvgIpc) is 2.52. The Morgan fingerprint density at radius 3 is 2.09 bits per heavy atom. The highest BCUT2D eigenvalue weighted by Gasteiger charge is 2.37. The number of hydrogen-bond donors (Lipinski definition) is 0. The third-order valence-electron chi connectivity index (χ3n) is 4.40. The van der Waals surface area contributed by atoms with E-state index in [4.69, 9.17) is 9.47 Å². The normalized spacial score (nSPS) is 30.1. The number of carbonyl (C=O) groups excluding carboxylic acids is 1. The molecule has 0 amide bonds. The molecule has 0 radical (unpaired) electrons. The highest BCUT2D eigenvalue weighted by atomic mass is 32.2. The minimum Gasteiger partial charge on any atom is -0.468 e. The summed E-state index contributed by atoms with van der Waals surface area (Å²) in [6, 6.07) is -0.353. The fourth-order valence-electron chi connectivity index (χ4n) is 3.12. The summed E-state index contributed by atoms with van der Waals surface area (Å²) in [6.07, 6.45) is -0.205. The van der Waals surface area contributed by atoms with Crippen molar-refractivity contribution in [3.05, 3.63) is 0 Å². The smallest absolute Gasteiger partial charge is 0.322 e. The van der Waals surface area contributed by atoms with Gasteiger partial charge in [-0.1, -0.05) is 0 Å². The Balaban J connectivity index is 1.97. The molecule has 0 N–H and O–H groups in total. The Morgan fingerprint density at radius 1 is 1.09 bits per heavy atom. The van der Waals surface area contributed by atoms with Gasteiger partial charge in [-0.2, -0.15) is 17.0 Å². The van der Waals surface area contributed by atoms with E-state index in [1.165, 1.54) is 15.7 Å². The van der Waals surface area contributed by atoms with Gasteiger partial charge < -0.3 is 9.47 Å². The molecule has 0 bridgehead atoms. The summed E-state index contributed by atoms with van der Waals surface area (Å²) in [5.41, 5.74) is 0.